The van der Waals surface area contributed by atoms with Crippen LogP contribution in [-0.2, 0) is 0 Å². The highest BCUT2D eigenvalue weighted by Crippen LogP contribution is 2.33. The van der Waals surface area contributed by atoms with Crippen LogP contribution in [0.2, 0.25) is 0 Å². The Labute approximate surface area is 86.3 Å². The van der Waals surface area contributed by atoms with Crippen molar-refractivity contribution in [3.63, 3.8) is 0 Å². The van der Waals surface area contributed by atoms with Gasteiger partial charge < -0.3 is 5.73 Å². The van der Waals surface area contributed by atoms with E-state index in [-0.39, 0.29) is 5.82 Å². The second kappa shape index (κ2) is 4.13. The van der Waals surface area contributed by atoms with Crippen LogP contribution in [0.15, 0.2) is 11.4 Å². The van der Waals surface area contributed by atoms with E-state index in [2.05, 4.69) is 9.97 Å². The molecule has 1 aromatic rings. The topological polar surface area (TPSA) is 51.8 Å². The zero-order valence-electron chi connectivity index (χ0n) is 7.74. The first-order chi connectivity index (χ1) is 6.75. The van der Waals surface area contributed by atoms with Gasteiger partial charge in [0.2, 0.25) is 0 Å². The maximum atomic E-state index is 12.8. The van der Waals surface area contributed by atoms with Gasteiger partial charge in [0.15, 0.2) is 16.8 Å². The number of aromatic nitrogens is 2. The third kappa shape index (κ3) is 2.15. The number of hydrogen-bond acceptors (Lipinski definition) is 4. The van der Waals surface area contributed by atoms with E-state index >= 15 is 0 Å². The van der Waals surface area contributed by atoms with Crippen molar-refractivity contribution in [3.05, 3.63) is 12.0 Å². The molecule has 14 heavy (non-hydrogen) atoms. The maximum Gasteiger partial charge on any atom is 0.189 e. The van der Waals surface area contributed by atoms with Crippen molar-refractivity contribution in [2.45, 2.75) is 36.1 Å². The molecule has 3 nitrogen and oxygen atoms in total. The summed E-state index contributed by atoms with van der Waals surface area (Å²) in [6.45, 7) is 0. The highest BCUT2D eigenvalue weighted by molar-refractivity contribution is 7.99. The first-order valence-corrected chi connectivity index (χ1v) is 5.58. The van der Waals surface area contributed by atoms with Crippen LogP contribution in [0.3, 0.4) is 0 Å². The smallest absolute Gasteiger partial charge is 0.189 e. The highest BCUT2D eigenvalue weighted by Gasteiger charge is 2.17. The Morgan fingerprint density at radius 3 is 2.79 bits per heavy atom. The summed E-state index contributed by atoms with van der Waals surface area (Å²) in [5, 5.41) is 1.18. The van der Waals surface area contributed by atoms with Crippen molar-refractivity contribution in [2.75, 3.05) is 5.73 Å². The third-order valence-corrected chi connectivity index (χ3v) is 3.54. The summed E-state index contributed by atoms with van der Waals surface area (Å²) in [6, 6.07) is 0. The minimum Gasteiger partial charge on any atom is -0.381 e. The number of halogens is 1. The summed E-state index contributed by atoms with van der Waals surface area (Å²) in [5.74, 6) is -0.596. The lowest BCUT2D eigenvalue weighted by Gasteiger charge is -2.06. The lowest BCUT2D eigenvalue weighted by atomic mass is 10.4. The molecule has 0 unspecified atom stereocenters. The zero-order valence-corrected chi connectivity index (χ0v) is 8.56. The molecule has 1 aliphatic rings. The first-order valence-electron chi connectivity index (χ1n) is 4.70. The monoisotopic (exact) mass is 213 g/mol. The van der Waals surface area contributed by atoms with Gasteiger partial charge in [-0.15, -0.1) is 0 Å². The molecule has 5 heteroatoms. The molecule has 0 amide bonds. The van der Waals surface area contributed by atoms with Gasteiger partial charge in [-0.25, -0.2) is 14.4 Å². The van der Waals surface area contributed by atoms with Crippen molar-refractivity contribution in [1.82, 2.24) is 9.97 Å². The number of hydrogen-bond donors (Lipinski definition) is 1. The number of nitrogens with zero attached hydrogens (tertiary/aromatic N) is 2. The van der Waals surface area contributed by atoms with Crippen LogP contribution in [0, 0.1) is 5.82 Å². The number of rotatable bonds is 2. The molecular formula is C9H12FN3S. The van der Waals surface area contributed by atoms with Crippen molar-refractivity contribution in [1.29, 1.82) is 0 Å². The fourth-order valence-corrected chi connectivity index (χ4v) is 2.71. The minimum atomic E-state index is -0.541. The number of nitrogens with two attached hydrogens (primary N) is 1. The van der Waals surface area contributed by atoms with Crippen molar-refractivity contribution in [2.24, 2.45) is 0 Å². The largest absolute Gasteiger partial charge is 0.381 e. The second-order valence-electron chi connectivity index (χ2n) is 3.41. The Balaban J connectivity index is 2.05. The fourth-order valence-electron chi connectivity index (χ4n) is 1.58. The first kappa shape index (κ1) is 9.71. The summed E-state index contributed by atoms with van der Waals surface area (Å²) < 4.78 is 12.8. The van der Waals surface area contributed by atoms with Crippen LogP contribution < -0.4 is 5.73 Å². The van der Waals surface area contributed by atoms with E-state index in [0.29, 0.717) is 10.4 Å². The van der Waals surface area contributed by atoms with E-state index in [1.807, 2.05) is 0 Å². The van der Waals surface area contributed by atoms with E-state index in [1.165, 1.54) is 25.7 Å². The molecule has 0 saturated heterocycles. The van der Waals surface area contributed by atoms with Crippen molar-refractivity contribution >= 4 is 17.6 Å². The van der Waals surface area contributed by atoms with Gasteiger partial charge in [0.25, 0.3) is 0 Å². The highest BCUT2D eigenvalue weighted by atomic mass is 32.2. The minimum absolute atomic E-state index is 0.0551. The number of anilines is 1. The SMILES string of the molecule is Nc1nc(SC2CCCC2)ncc1F. The molecule has 1 saturated carbocycles. The molecule has 0 aliphatic heterocycles. The summed E-state index contributed by atoms with van der Waals surface area (Å²) in [6.07, 6.45) is 6.08. The Kier molecular flexibility index (Phi) is 2.86. The molecule has 0 spiro atoms. The molecule has 1 heterocycles. The van der Waals surface area contributed by atoms with Crippen LogP contribution >= 0.6 is 11.8 Å². The number of thioether (sulfide) groups is 1. The van der Waals surface area contributed by atoms with Gasteiger partial charge in [-0.3, -0.25) is 0 Å². The molecule has 2 rings (SSSR count). The predicted octanol–water partition coefficient (Wildman–Crippen LogP) is 2.23. The molecule has 1 aromatic heterocycles. The fraction of sp³-hybridized carbons (Fsp3) is 0.556. The van der Waals surface area contributed by atoms with Crippen LogP contribution in [-0.4, -0.2) is 15.2 Å². The predicted molar refractivity (Wildman–Crippen MR) is 54.5 cm³/mol. The summed E-state index contributed by atoms with van der Waals surface area (Å²) in [4.78, 5) is 7.79. The molecule has 1 fully saturated rings. The quantitative estimate of drug-likeness (QED) is 0.765. The summed E-state index contributed by atoms with van der Waals surface area (Å²) >= 11 is 1.61. The van der Waals surface area contributed by atoms with Crippen molar-refractivity contribution < 1.29 is 4.39 Å². The van der Waals surface area contributed by atoms with E-state index in [0.717, 1.165) is 6.20 Å². The van der Waals surface area contributed by atoms with Gasteiger partial charge in [-0.2, -0.15) is 0 Å². The summed E-state index contributed by atoms with van der Waals surface area (Å²) in [7, 11) is 0. The molecule has 0 bridgehead atoms. The molecule has 0 radical (unpaired) electrons. The Hall–Kier alpha value is -0.840. The molecule has 0 aromatic carbocycles. The molecule has 0 atom stereocenters. The lowest BCUT2D eigenvalue weighted by Crippen LogP contribution is -2.01. The number of nitrogen functional groups attached to an aromatic ring is 1. The molecular weight excluding hydrogens is 201 g/mol. The van der Waals surface area contributed by atoms with Crippen LogP contribution in [0.4, 0.5) is 10.2 Å². The lowest BCUT2D eigenvalue weighted by molar-refractivity contribution is 0.612. The van der Waals surface area contributed by atoms with Crippen LogP contribution in [0.5, 0.6) is 0 Å². The van der Waals surface area contributed by atoms with Crippen LogP contribution in [0.1, 0.15) is 25.7 Å². The molecule has 76 valence electrons. The molecule has 2 N–H and O–H groups in total. The van der Waals surface area contributed by atoms with E-state index < -0.39 is 5.82 Å². The Morgan fingerprint density at radius 1 is 1.43 bits per heavy atom. The van der Waals surface area contributed by atoms with Crippen LogP contribution in [0.25, 0.3) is 0 Å². The van der Waals surface area contributed by atoms with Gasteiger partial charge in [0.05, 0.1) is 6.20 Å². The van der Waals surface area contributed by atoms with E-state index in [9.17, 15) is 4.39 Å². The summed E-state index contributed by atoms with van der Waals surface area (Å²) in [5.41, 5.74) is 5.36. The third-order valence-electron chi connectivity index (χ3n) is 2.32. The average Bonchev–Trinajstić information content (AvgIpc) is 2.64. The normalized spacial score (nSPS) is 17.5. The zero-order chi connectivity index (χ0) is 9.97. The van der Waals surface area contributed by atoms with Gasteiger partial charge >= 0.3 is 0 Å². The van der Waals surface area contributed by atoms with Gasteiger partial charge in [-0.1, -0.05) is 24.6 Å². The Morgan fingerprint density at radius 2 is 2.14 bits per heavy atom. The Bertz CT molecular complexity index is 326. The second-order valence-corrected chi connectivity index (χ2v) is 4.68. The van der Waals surface area contributed by atoms with Crippen molar-refractivity contribution in [3.8, 4) is 0 Å². The van der Waals surface area contributed by atoms with Gasteiger partial charge in [0, 0.05) is 5.25 Å². The maximum absolute atomic E-state index is 12.8. The van der Waals surface area contributed by atoms with Gasteiger partial charge in [0.1, 0.15) is 0 Å². The van der Waals surface area contributed by atoms with Gasteiger partial charge in [-0.05, 0) is 12.8 Å². The van der Waals surface area contributed by atoms with E-state index in [1.54, 1.807) is 11.8 Å². The standard InChI is InChI=1S/C9H12FN3S/c10-7-5-12-9(13-8(7)11)14-6-3-1-2-4-6/h5-6H,1-4H2,(H2,11,12,13). The molecule has 1 aliphatic carbocycles. The van der Waals surface area contributed by atoms with E-state index in [4.69, 9.17) is 5.73 Å². The average molecular weight is 213 g/mol.